The number of carbonyl (C=O) groups is 2. The van der Waals surface area contributed by atoms with Gasteiger partial charge in [-0.15, -0.1) is 0 Å². The molecule has 8 heteroatoms. The first-order valence-corrected chi connectivity index (χ1v) is 11.9. The summed E-state index contributed by atoms with van der Waals surface area (Å²) in [5, 5.41) is 3.77. The lowest BCUT2D eigenvalue weighted by atomic mass is 10.1. The fourth-order valence-corrected chi connectivity index (χ4v) is 3.67. The standard InChI is InChI=1S/C25H32Cl2N2O4/c1-4-14-28-25(31)23(5-2)29(17-18-8-13-21(26)22(27)16-18)24(30)7-6-15-33-20-11-9-19(32-3)10-12-20/h8-13,16,23H,4-7,14-15,17H2,1-3H3,(H,28,31). The highest BCUT2D eigenvalue weighted by molar-refractivity contribution is 6.42. The largest absolute Gasteiger partial charge is 0.497 e. The third kappa shape index (κ3) is 8.45. The second-order valence-corrected chi connectivity index (χ2v) is 8.43. The lowest BCUT2D eigenvalue weighted by Crippen LogP contribution is -2.49. The van der Waals surface area contributed by atoms with Crippen molar-refractivity contribution in [3.63, 3.8) is 0 Å². The van der Waals surface area contributed by atoms with E-state index < -0.39 is 6.04 Å². The van der Waals surface area contributed by atoms with Crippen LogP contribution in [0.4, 0.5) is 0 Å². The first-order chi connectivity index (χ1) is 15.9. The lowest BCUT2D eigenvalue weighted by molar-refractivity contribution is -0.141. The minimum absolute atomic E-state index is 0.113. The maximum absolute atomic E-state index is 13.2. The van der Waals surface area contributed by atoms with Gasteiger partial charge in [0.25, 0.3) is 0 Å². The number of benzene rings is 2. The molecule has 0 aromatic heterocycles. The highest BCUT2D eigenvalue weighted by Gasteiger charge is 2.28. The number of methoxy groups -OCH3 is 1. The predicted molar refractivity (Wildman–Crippen MR) is 132 cm³/mol. The van der Waals surface area contributed by atoms with E-state index in [2.05, 4.69) is 5.32 Å². The van der Waals surface area contributed by atoms with Crippen molar-refractivity contribution < 1.29 is 19.1 Å². The van der Waals surface area contributed by atoms with Crippen molar-refractivity contribution in [3.05, 3.63) is 58.1 Å². The average molecular weight is 495 g/mol. The molecule has 1 atom stereocenters. The van der Waals surface area contributed by atoms with Gasteiger partial charge in [-0.05, 0) is 61.2 Å². The highest BCUT2D eigenvalue weighted by Crippen LogP contribution is 2.24. The van der Waals surface area contributed by atoms with Crippen LogP contribution in [0.15, 0.2) is 42.5 Å². The SMILES string of the molecule is CCCNC(=O)C(CC)N(Cc1ccc(Cl)c(Cl)c1)C(=O)CCCOc1ccc(OC)cc1. The Balaban J connectivity index is 2.05. The highest BCUT2D eigenvalue weighted by atomic mass is 35.5. The molecule has 2 aromatic rings. The van der Waals surface area contributed by atoms with Crippen LogP contribution in [0.25, 0.3) is 0 Å². The van der Waals surface area contributed by atoms with Crippen molar-refractivity contribution in [1.29, 1.82) is 0 Å². The first kappa shape index (κ1) is 26.8. The Labute approximate surface area is 206 Å². The number of nitrogens with zero attached hydrogens (tertiary/aromatic N) is 1. The Morgan fingerprint density at radius 1 is 1.03 bits per heavy atom. The van der Waals surface area contributed by atoms with Crippen LogP contribution < -0.4 is 14.8 Å². The number of hydrogen-bond donors (Lipinski definition) is 1. The van der Waals surface area contributed by atoms with Crippen molar-refractivity contribution in [3.8, 4) is 11.5 Å². The molecule has 0 bridgehead atoms. The average Bonchev–Trinajstić information content (AvgIpc) is 2.82. The minimum atomic E-state index is -0.569. The number of ether oxygens (including phenoxy) is 2. The molecule has 1 N–H and O–H groups in total. The van der Waals surface area contributed by atoms with Gasteiger partial charge in [0.05, 0.1) is 23.8 Å². The summed E-state index contributed by atoms with van der Waals surface area (Å²) in [6.45, 7) is 5.12. The molecule has 0 saturated heterocycles. The van der Waals surface area contributed by atoms with Crippen LogP contribution in [0.1, 0.15) is 45.1 Å². The molecule has 0 aliphatic carbocycles. The van der Waals surface area contributed by atoms with E-state index in [0.29, 0.717) is 41.8 Å². The molecule has 0 aliphatic rings. The lowest BCUT2D eigenvalue weighted by Gasteiger charge is -2.31. The predicted octanol–water partition coefficient (Wildman–Crippen LogP) is 5.49. The molecule has 0 saturated carbocycles. The summed E-state index contributed by atoms with van der Waals surface area (Å²) in [6, 6.07) is 12.0. The molecule has 0 radical (unpaired) electrons. The molecule has 0 aliphatic heterocycles. The topological polar surface area (TPSA) is 67.9 Å². The molecule has 6 nitrogen and oxygen atoms in total. The van der Waals surface area contributed by atoms with Crippen LogP contribution in [0.3, 0.4) is 0 Å². The summed E-state index contributed by atoms with van der Waals surface area (Å²) in [5.74, 6) is 1.20. The molecular formula is C25H32Cl2N2O4. The van der Waals surface area contributed by atoms with Crippen LogP contribution in [-0.2, 0) is 16.1 Å². The Kier molecular flexibility index (Phi) is 11.3. The van der Waals surface area contributed by atoms with E-state index in [1.54, 1.807) is 24.1 Å². The van der Waals surface area contributed by atoms with Gasteiger partial charge >= 0.3 is 0 Å². The maximum atomic E-state index is 13.2. The van der Waals surface area contributed by atoms with E-state index in [9.17, 15) is 9.59 Å². The van der Waals surface area contributed by atoms with Gasteiger partial charge < -0.3 is 19.7 Å². The number of nitrogens with one attached hydrogen (secondary N) is 1. The van der Waals surface area contributed by atoms with Gasteiger partial charge in [0.2, 0.25) is 11.8 Å². The summed E-state index contributed by atoms with van der Waals surface area (Å²) in [7, 11) is 1.61. The normalized spacial score (nSPS) is 11.5. The van der Waals surface area contributed by atoms with Crippen LogP contribution in [0, 0.1) is 0 Å². The van der Waals surface area contributed by atoms with Gasteiger partial charge in [-0.25, -0.2) is 0 Å². The fourth-order valence-electron chi connectivity index (χ4n) is 3.35. The number of halogens is 2. The summed E-state index contributed by atoms with van der Waals surface area (Å²) in [6.07, 6.45) is 2.11. The minimum Gasteiger partial charge on any atom is -0.497 e. The Bertz CT molecular complexity index is 906. The summed E-state index contributed by atoms with van der Waals surface area (Å²) < 4.78 is 10.9. The van der Waals surface area contributed by atoms with Crippen molar-refractivity contribution in [2.45, 2.75) is 52.1 Å². The molecule has 1 unspecified atom stereocenters. The van der Waals surface area contributed by atoms with E-state index >= 15 is 0 Å². The number of amides is 2. The van der Waals surface area contributed by atoms with Gasteiger partial charge in [0.15, 0.2) is 0 Å². The second kappa shape index (κ2) is 14.0. The van der Waals surface area contributed by atoms with Gasteiger partial charge in [-0.1, -0.05) is 43.1 Å². The molecule has 33 heavy (non-hydrogen) atoms. The van der Waals surface area contributed by atoms with E-state index in [1.807, 2.05) is 44.2 Å². The maximum Gasteiger partial charge on any atom is 0.242 e. The molecule has 0 spiro atoms. The Morgan fingerprint density at radius 2 is 1.73 bits per heavy atom. The summed E-state index contributed by atoms with van der Waals surface area (Å²) in [4.78, 5) is 27.6. The molecule has 0 fully saturated rings. The first-order valence-electron chi connectivity index (χ1n) is 11.2. The van der Waals surface area contributed by atoms with Crippen LogP contribution in [0.2, 0.25) is 10.0 Å². The summed E-state index contributed by atoms with van der Waals surface area (Å²) in [5.41, 5.74) is 0.814. The van der Waals surface area contributed by atoms with Crippen LogP contribution >= 0.6 is 23.2 Å². The third-order valence-corrected chi connectivity index (χ3v) is 5.87. The zero-order valence-corrected chi connectivity index (χ0v) is 20.9. The van der Waals surface area contributed by atoms with Crippen LogP contribution in [0.5, 0.6) is 11.5 Å². The quantitative estimate of drug-likeness (QED) is 0.373. The van der Waals surface area contributed by atoms with Crippen molar-refractivity contribution >= 4 is 35.0 Å². The van der Waals surface area contributed by atoms with E-state index in [1.165, 1.54) is 0 Å². The number of hydrogen-bond acceptors (Lipinski definition) is 4. The van der Waals surface area contributed by atoms with E-state index in [0.717, 1.165) is 17.7 Å². The molecule has 180 valence electrons. The molecule has 2 amide bonds. The number of carbonyl (C=O) groups excluding carboxylic acids is 2. The third-order valence-electron chi connectivity index (χ3n) is 5.14. The summed E-state index contributed by atoms with van der Waals surface area (Å²) >= 11 is 12.2. The van der Waals surface area contributed by atoms with E-state index in [4.69, 9.17) is 32.7 Å². The molecule has 2 aromatic carbocycles. The second-order valence-electron chi connectivity index (χ2n) is 7.61. The van der Waals surface area contributed by atoms with Gasteiger partial charge in [0, 0.05) is 19.5 Å². The van der Waals surface area contributed by atoms with Crippen molar-refractivity contribution in [2.24, 2.45) is 0 Å². The zero-order chi connectivity index (χ0) is 24.2. The molecular weight excluding hydrogens is 463 g/mol. The Morgan fingerprint density at radius 3 is 2.33 bits per heavy atom. The van der Waals surface area contributed by atoms with E-state index in [-0.39, 0.29) is 24.8 Å². The van der Waals surface area contributed by atoms with Crippen LogP contribution in [-0.4, -0.2) is 43.0 Å². The monoisotopic (exact) mass is 494 g/mol. The smallest absolute Gasteiger partial charge is 0.242 e. The van der Waals surface area contributed by atoms with Gasteiger partial charge in [-0.3, -0.25) is 9.59 Å². The van der Waals surface area contributed by atoms with Gasteiger partial charge in [0.1, 0.15) is 17.5 Å². The van der Waals surface area contributed by atoms with Crippen molar-refractivity contribution in [2.75, 3.05) is 20.3 Å². The van der Waals surface area contributed by atoms with Gasteiger partial charge in [-0.2, -0.15) is 0 Å². The zero-order valence-electron chi connectivity index (χ0n) is 19.4. The molecule has 2 rings (SSSR count). The Hall–Kier alpha value is -2.44. The fraction of sp³-hybridized carbons (Fsp3) is 0.440. The number of rotatable bonds is 13. The van der Waals surface area contributed by atoms with Crippen molar-refractivity contribution in [1.82, 2.24) is 10.2 Å². The molecule has 0 heterocycles.